The second kappa shape index (κ2) is 7.03. The molecule has 0 atom stereocenters. The van der Waals surface area contributed by atoms with Crippen LogP contribution in [0.4, 0.5) is 0 Å². The van der Waals surface area contributed by atoms with Gasteiger partial charge in [-0.2, -0.15) is 0 Å². The summed E-state index contributed by atoms with van der Waals surface area (Å²) < 4.78 is 49.4. The number of hydrogen-bond donors (Lipinski definition) is 1. The lowest BCUT2D eigenvalue weighted by molar-refractivity contribution is 0.575. The van der Waals surface area contributed by atoms with E-state index >= 15 is 0 Å². The molecule has 1 aromatic rings. The third-order valence-electron chi connectivity index (χ3n) is 2.16. The molecule has 0 spiro atoms. The van der Waals surface area contributed by atoms with Crippen molar-refractivity contribution in [3.63, 3.8) is 0 Å². The molecule has 0 aliphatic rings. The zero-order valence-electron chi connectivity index (χ0n) is 9.84. The standard InChI is InChI=1S/C10H13BrClNO4S2/c11-9-3-5-10(6-4-9)19(16,17)13-18(14,15)8-2-1-7-12/h3-6,13H,1-2,7-8H2. The second-order valence-electron chi connectivity index (χ2n) is 3.76. The van der Waals surface area contributed by atoms with Crippen molar-refractivity contribution in [2.45, 2.75) is 17.7 Å². The quantitative estimate of drug-likeness (QED) is 0.571. The molecule has 0 fully saturated rings. The number of hydrogen-bond acceptors (Lipinski definition) is 4. The van der Waals surface area contributed by atoms with Crippen LogP contribution < -0.4 is 4.13 Å². The Bertz CT molecular complexity index is 613. The highest BCUT2D eigenvalue weighted by Crippen LogP contribution is 2.15. The van der Waals surface area contributed by atoms with Gasteiger partial charge in [-0.1, -0.05) is 15.9 Å². The Labute approximate surface area is 126 Å². The van der Waals surface area contributed by atoms with E-state index in [0.717, 1.165) is 0 Å². The number of unbranched alkanes of at least 4 members (excludes halogenated alkanes) is 1. The van der Waals surface area contributed by atoms with Crippen molar-refractivity contribution in [1.82, 2.24) is 4.13 Å². The van der Waals surface area contributed by atoms with Crippen LogP contribution in [0.2, 0.25) is 0 Å². The predicted molar refractivity (Wildman–Crippen MR) is 78.2 cm³/mol. The maximum absolute atomic E-state index is 11.9. The van der Waals surface area contributed by atoms with Gasteiger partial charge in [-0.3, -0.25) is 0 Å². The second-order valence-corrected chi connectivity index (χ2v) is 8.83. The van der Waals surface area contributed by atoms with Crippen LogP contribution in [0, 0.1) is 0 Å². The van der Waals surface area contributed by atoms with Crippen LogP contribution in [-0.4, -0.2) is 28.5 Å². The first-order chi connectivity index (χ1) is 8.77. The van der Waals surface area contributed by atoms with Crippen LogP contribution in [0.15, 0.2) is 33.6 Å². The molecule has 0 radical (unpaired) electrons. The smallest absolute Gasteiger partial charge is 0.211 e. The van der Waals surface area contributed by atoms with E-state index in [1.165, 1.54) is 24.3 Å². The van der Waals surface area contributed by atoms with Gasteiger partial charge in [0.15, 0.2) is 0 Å². The first kappa shape index (κ1) is 16.9. The molecule has 108 valence electrons. The van der Waals surface area contributed by atoms with Gasteiger partial charge in [0, 0.05) is 10.4 Å². The lowest BCUT2D eigenvalue weighted by Gasteiger charge is -2.07. The van der Waals surface area contributed by atoms with Crippen molar-refractivity contribution in [1.29, 1.82) is 0 Å². The number of alkyl halides is 1. The molecule has 1 aromatic carbocycles. The van der Waals surface area contributed by atoms with Crippen LogP contribution >= 0.6 is 27.5 Å². The van der Waals surface area contributed by atoms with E-state index in [1.54, 1.807) is 4.13 Å². The van der Waals surface area contributed by atoms with Crippen LogP contribution in [0.3, 0.4) is 0 Å². The van der Waals surface area contributed by atoms with Gasteiger partial charge < -0.3 is 0 Å². The van der Waals surface area contributed by atoms with Gasteiger partial charge >= 0.3 is 0 Å². The highest BCUT2D eigenvalue weighted by Gasteiger charge is 2.22. The van der Waals surface area contributed by atoms with E-state index in [4.69, 9.17) is 11.6 Å². The summed E-state index contributed by atoms with van der Waals surface area (Å²) >= 11 is 8.61. The summed E-state index contributed by atoms with van der Waals surface area (Å²) in [5.74, 6) is 0.0739. The normalized spacial score (nSPS) is 12.5. The molecule has 1 rings (SSSR count). The molecule has 0 amide bonds. The largest absolute Gasteiger partial charge is 0.253 e. The summed E-state index contributed by atoms with van der Waals surface area (Å²) in [5.41, 5.74) is 0. The molecule has 0 bridgehead atoms. The van der Waals surface area contributed by atoms with Gasteiger partial charge in [0.25, 0.3) is 10.0 Å². The Morgan fingerprint density at radius 3 is 2.16 bits per heavy atom. The maximum atomic E-state index is 11.9. The fraction of sp³-hybridized carbons (Fsp3) is 0.400. The molecule has 0 saturated heterocycles. The van der Waals surface area contributed by atoms with Gasteiger partial charge in [-0.05, 0) is 37.1 Å². The first-order valence-electron chi connectivity index (χ1n) is 5.35. The summed E-state index contributed by atoms with van der Waals surface area (Å²) in [6.45, 7) is 0. The Hall–Kier alpha value is -0.150. The predicted octanol–water partition coefficient (Wildman–Crippen LogP) is 2.08. The Morgan fingerprint density at radius 1 is 1.05 bits per heavy atom. The molecule has 0 aromatic heterocycles. The third-order valence-corrected chi connectivity index (χ3v) is 6.57. The van der Waals surface area contributed by atoms with Crippen molar-refractivity contribution in [2.75, 3.05) is 11.6 Å². The van der Waals surface area contributed by atoms with Gasteiger partial charge in [0.05, 0.1) is 10.6 Å². The van der Waals surface area contributed by atoms with Gasteiger partial charge in [-0.15, -0.1) is 15.7 Å². The summed E-state index contributed by atoms with van der Waals surface area (Å²) in [6.07, 6.45) is 0.829. The minimum atomic E-state index is -4.06. The molecular formula is C10H13BrClNO4S2. The van der Waals surface area contributed by atoms with E-state index in [2.05, 4.69) is 15.9 Å². The van der Waals surface area contributed by atoms with Gasteiger partial charge in [0.1, 0.15) is 0 Å². The average molecular weight is 391 g/mol. The molecule has 0 heterocycles. The van der Waals surface area contributed by atoms with Crippen molar-refractivity contribution in [3.05, 3.63) is 28.7 Å². The number of rotatable bonds is 7. The van der Waals surface area contributed by atoms with Crippen molar-refractivity contribution >= 4 is 47.6 Å². The highest BCUT2D eigenvalue weighted by atomic mass is 79.9. The average Bonchev–Trinajstić information content (AvgIpc) is 2.28. The lowest BCUT2D eigenvalue weighted by Crippen LogP contribution is -2.32. The summed E-state index contributed by atoms with van der Waals surface area (Å²) in [4.78, 5) is -0.100. The minimum absolute atomic E-state index is 0.100. The maximum Gasteiger partial charge on any atom is 0.253 e. The number of nitrogens with one attached hydrogen (secondary N) is 1. The van der Waals surface area contributed by atoms with Crippen molar-refractivity contribution in [3.8, 4) is 0 Å². The van der Waals surface area contributed by atoms with E-state index in [1.807, 2.05) is 0 Å². The van der Waals surface area contributed by atoms with Crippen LogP contribution in [0.5, 0.6) is 0 Å². The molecular weight excluding hydrogens is 378 g/mol. The van der Waals surface area contributed by atoms with Crippen LogP contribution in [0.1, 0.15) is 12.8 Å². The summed E-state index contributed by atoms with van der Waals surface area (Å²) in [7, 11) is -7.94. The molecule has 19 heavy (non-hydrogen) atoms. The Kier molecular flexibility index (Phi) is 6.25. The molecule has 9 heteroatoms. The summed E-state index contributed by atoms with van der Waals surface area (Å²) in [5, 5.41) is 0. The van der Waals surface area contributed by atoms with Crippen molar-refractivity contribution < 1.29 is 16.8 Å². The third kappa shape index (κ3) is 5.78. The van der Waals surface area contributed by atoms with Crippen LogP contribution in [-0.2, 0) is 20.0 Å². The topological polar surface area (TPSA) is 80.3 Å². The van der Waals surface area contributed by atoms with E-state index in [-0.39, 0.29) is 10.6 Å². The molecule has 0 unspecified atom stereocenters. The fourth-order valence-electron chi connectivity index (χ4n) is 1.26. The Morgan fingerprint density at radius 2 is 1.63 bits per heavy atom. The Balaban J connectivity index is 2.82. The number of halogens is 2. The lowest BCUT2D eigenvalue weighted by atomic mass is 10.4. The minimum Gasteiger partial charge on any atom is -0.211 e. The van der Waals surface area contributed by atoms with E-state index < -0.39 is 20.0 Å². The zero-order chi connectivity index (χ0) is 14.5. The highest BCUT2D eigenvalue weighted by molar-refractivity contribution is 9.10. The van der Waals surface area contributed by atoms with Crippen LogP contribution in [0.25, 0.3) is 0 Å². The monoisotopic (exact) mass is 389 g/mol. The SMILES string of the molecule is O=S(=O)(CCCCCl)NS(=O)(=O)c1ccc(Br)cc1. The summed E-state index contributed by atoms with van der Waals surface area (Å²) in [6, 6.07) is 5.69. The zero-order valence-corrected chi connectivity index (χ0v) is 13.8. The fourth-order valence-corrected chi connectivity index (χ4v) is 4.84. The molecule has 0 aliphatic heterocycles. The first-order valence-corrected chi connectivity index (χ1v) is 9.81. The molecule has 1 N–H and O–H groups in total. The van der Waals surface area contributed by atoms with Gasteiger partial charge in [0.2, 0.25) is 10.0 Å². The number of benzene rings is 1. The molecule has 0 aliphatic carbocycles. The van der Waals surface area contributed by atoms with E-state index in [9.17, 15) is 16.8 Å². The molecule has 5 nitrogen and oxygen atoms in total. The van der Waals surface area contributed by atoms with Crippen molar-refractivity contribution in [2.24, 2.45) is 0 Å². The van der Waals surface area contributed by atoms with E-state index in [0.29, 0.717) is 23.2 Å². The molecule has 0 saturated carbocycles. The number of sulfonamides is 2. The van der Waals surface area contributed by atoms with Gasteiger partial charge in [-0.25, -0.2) is 16.8 Å².